The molecule has 5 aliphatic rings. The highest BCUT2D eigenvalue weighted by Crippen LogP contribution is 2.55. The number of nitrogens with one attached hydrogen (secondary N) is 2. The summed E-state index contributed by atoms with van der Waals surface area (Å²) in [5, 5.41) is 16.7. The predicted molar refractivity (Wildman–Crippen MR) is 87.3 cm³/mol. The first-order valence-corrected chi connectivity index (χ1v) is 8.83. The molecule has 0 amide bonds. The summed E-state index contributed by atoms with van der Waals surface area (Å²) in [5.41, 5.74) is 0.482. The second-order valence-electron chi connectivity index (χ2n) is 7.27. The second kappa shape index (κ2) is 5.14. The number of aliphatic hydroxyl groups is 1. The topological polar surface area (TPSA) is 104 Å². The van der Waals surface area contributed by atoms with E-state index in [2.05, 4.69) is 10.6 Å². The molecule has 0 aromatic carbocycles. The lowest BCUT2D eigenvalue weighted by Crippen LogP contribution is -2.54. The van der Waals surface area contributed by atoms with Crippen molar-refractivity contribution >= 4 is 11.6 Å². The fourth-order valence-electron chi connectivity index (χ4n) is 5.11. The molecule has 3 N–H and O–H groups in total. The van der Waals surface area contributed by atoms with Gasteiger partial charge in [0, 0.05) is 57.5 Å². The molecule has 8 heteroatoms. The van der Waals surface area contributed by atoms with Gasteiger partial charge < -0.3 is 30.3 Å². The van der Waals surface area contributed by atoms with E-state index in [1.54, 1.807) is 7.11 Å². The lowest BCUT2D eigenvalue weighted by Gasteiger charge is -2.39. The maximum atomic E-state index is 13.3. The first kappa shape index (κ1) is 15.5. The summed E-state index contributed by atoms with van der Waals surface area (Å²) in [6.07, 6.45) is 1.48. The molecule has 4 aliphatic heterocycles. The molecule has 0 aromatic rings. The highest BCUT2D eigenvalue weighted by atomic mass is 16.5. The number of hydrogen-bond acceptors (Lipinski definition) is 8. The number of allylic oxidation sites excluding steroid dienone is 2. The van der Waals surface area contributed by atoms with Crippen LogP contribution >= 0.6 is 0 Å². The summed E-state index contributed by atoms with van der Waals surface area (Å²) in [4.78, 5) is 30.1. The van der Waals surface area contributed by atoms with Crippen molar-refractivity contribution in [3.8, 4) is 0 Å². The van der Waals surface area contributed by atoms with Crippen LogP contribution in [0.3, 0.4) is 0 Å². The summed E-state index contributed by atoms with van der Waals surface area (Å²) >= 11 is 0. The number of Topliss-reactive ketones (excluding diaryl/α,β-unsaturated/α-hetero) is 1. The van der Waals surface area contributed by atoms with Gasteiger partial charge in [0.15, 0.2) is 5.72 Å². The van der Waals surface area contributed by atoms with Gasteiger partial charge in [-0.25, -0.2) is 0 Å². The van der Waals surface area contributed by atoms with Crippen molar-refractivity contribution in [2.75, 3.05) is 46.4 Å². The third-order valence-electron chi connectivity index (χ3n) is 6.25. The van der Waals surface area contributed by atoms with Gasteiger partial charge in [-0.05, 0) is 0 Å². The molecule has 134 valence electrons. The van der Waals surface area contributed by atoms with Crippen LogP contribution in [-0.4, -0.2) is 90.7 Å². The molecule has 8 nitrogen and oxygen atoms in total. The standard InChI is InChI=1S/C17H22N4O4/c1-25-17-9(8-22)13-14(21(17)7-10-16(17)19-10)12(23)6-11(15(13)24)20-4-2-18-3-5-20/h6,9-10,16,18-19,22H,2-5,7-8H2,1H3. The Morgan fingerprint density at radius 2 is 2.12 bits per heavy atom. The Kier molecular flexibility index (Phi) is 3.19. The quantitative estimate of drug-likeness (QED) is 0.391. The number of rotatable bonds is 3. The molecule has 0 spiro atoms. The highest BCUT2D eigenvalue weighted by Gasteiger charge is 2.72. The van der Waals surface area contributed by atoms with E-state index in [4.69, 9.17) is 4.74 Å². The Morgan fingerprint density at radius 1 is 1.36 bits per heavy atom. The van der Waals surface area contributed by atoms with E-state index < -0.39 is 11.6 Å². The number of ketones is 2. The number of piperazine rings is 2. The SMILES string of the molecule is COC12C(CO)C3=C(C(=O)C=C(N4CCNCC4)C3=O)N1CC1NC12. The zero-order valence-corrected chi connectivity index (χ0v) is 14.1. The number of methoxy groups -OCH3 is 1. The zero-order chi connectivity index (χ0) is 17.3. The first-order chi connectivity index (χ1) is 12.1. The van der Waals surface area contributed by atoms with Crippen molar-refractivity contribution in [3.63, 3.8) is 0 Å². The van der Waals surface area contributed by atoms with Gasteiger partial charge in [0.05, 0.1) is 30.0 Å². The highest BCUT2D eigenvalue weighted by molar-refractivity contribution is 6.23. The van der Waals surface area contributed by atoms with E-state index in [0.717, 1.165) is 13.1 Å². The summed E-state index contributed by atoms with van der Waals surface area (Å²) in [6.45, 7) is 3.38. The molecular weight excluding hydrogens is 324 g/mol. The molecule has 0 radical (unpaired) electrons. The van der Waals surface area contributed by atoms with E-state index in [1.165, 1.54) is 6.08 Å². The Bertz CT molecular complexity index is 726. The molecule has 0 aromatic heterocycles. The Labute approximate surface area is 145 Å². The number of hydrogen-bond donors (Lipinski definition) is 3. The Morgan fingerprint density at radius 3 is 2.80 bits per heavy atom. The van der Waals surface area contributed by atoms with E-state index in [0.29, 0.717) is 36.6 Å². The van der Waals surface area contributed by atoms with Crippen LogP contribution in [0.25, 0.3) is 0 Å². The molecule has 0 saturated carbocycles. The lowest BCUT2D eigenvalue weighted by molar-refractivity contribution is -0.136. The molecule has 3 saturated heterocycles. The van der Waals surface area contributed by atoms with Crippen molar-refractivity contribution in [3.05, 3.63) is 23.0 Å². The van der Waals surface area contributed by atoms with Crippen LogP contribution in [0.2, 0.25) is 0 Å². The summed E-state index contributed by atoms with van der Waals surface area (Å²) in [6, 6.07) is 0.299. The van der Waals surface area contributed by atoms with Gasteiger partial charge in [-0.2, -0.15) is 0 Å². The maximum absolute atomic E-state index is 13.3. The lowest BCUT2D eigenvalue weighted by atomic mass is 9.84. The maximum Gasteiger partial charge on any atom is 0.207 e. The summed E-state index contributed by atoms with van der Waals surface area (Å²) in [7, 11) is 1.59. The molecule has 4 unspecified atom stereocenters. The fraction of sp³-hybridized carbons (Fsp3) is 0.647. The van der Waals surface area contributed by atoms with Gasteiger partial charge in [0.25, 0.3) is 0 Å². The van der Waals surface area contributed by atoms with Crippen molar-refractivity contribution in [2.45, 2.75) is 17.8 Å². The van der Waals surface area contributed by atoms with Crippen LogP contribution in [0, 0.1) is 5.92 Å². The van der Waals surface area contributed by atoms with Gasteiger partial charge in [0.2, 0.25) is 11.6 Å². The number of aliphatic hydroxyl groups excluding tert-OH is 1. The third-order valence-corrected chi connectivity index (χ3v) is 6.25. The normalized spacial score (nSPS) is 39.4. The molecule has 5 rings (SSSR count). The van der Waals surface area contributed by atoms with E-state index in [9.17, 15) is 14.7 Å². The number of carbonyl (C=O) groups excluding carboxylic acids is 2. The molecule has 4 heterocycles. The Balaban J connectivity index is 1.57. The van der Waals surface area contributed by atoms with Crippen LogP contribution in [0.15, 0.2) is 23.0 Å². The van der Waals surface area contributed by atoms with Crippen LogP contribution in [0.1, 0.15) is 0 Å². The number of carbonyl (C=O) groups is 2. The van der Waals surface area contributed by atoms with Crippen molar-refractivity contribution in [1.29, 1.82) is 0 Å². The van der Waals surface area contributed by atoms with Gasteiger partial charge >= 0.3 is 0 Å². The van der Waals surface area contributed by atoms with Crippen LogP contribution in [0.4, 0.5) is 0 Å². The van der Waals surface area contributed by atoms with Gasteiger partial charge in [-0.3, -0.25) is 9.59 Å². The summed E-state index contributed by atoms with van der Waals surface area (Å²) in [5.74, 6) is -0.805. The van der Waals surface area contributed by atoms with Crippen LogP contribution < -0.4 is 10.6 Å². The van der Waals surface area contributed by atoms with E-state index in [1.807, 2.05) is 9.80 Å². The Hall–Kier alpha value is -1.74. The molecule has 3 fully saturated rings. The van der Waals surface area contributed by atoms with Crippen molar-refractivity contribution < 1.29 is 19.4 Å². The fourth-order valence-corrected chi connectivity index (χ4v) is 5.11. The van der Waals surface area contributed by atoms with Crippen molar-refractivity contribution in [2.24, 2.45) is 5.92 Å². The number of fused-ring (bicyclic) bond motifs is 4. The molecular formula is C17H22N4O4. The summed E-state index contributed by atoms with van der Waals surface area (Å²) < 4.78 is 5.86. The minimum Gasteiger partial charge on any atom is -0.396 e. The van der Waals surface area contributed by atoms with Gasteiger partial charge in [-0.1, -0.05) is 0 Å². The zero-order valence-electron chi connectivity index (χ0n) is 14.1. The minimum absolute atomic E-state index is 0.0449. The molecule has 0 bridgehead atoms. The van der Waals surface area contributed by atoms with Crippen LogP contribution in [-0.2, 0) is 14.3 Å². The molecule has 25 heavy (non-hydrogen) atoms. The largest absolute Gasteiger partial charge is 0.396 e. The van der Waals surface area contributed by atoms with Gasteiger partial charge in [-0.15, -0.1) is 0 Å². The number of nitrogens with zero attached hydrogens (tertiary/aromatic N) is 2. The smallest absolute Gasteiger partial charge is 0.207 e. The average Bonchev–Trinajstić information content (AvgIpc) is 3.24. The van der Waals surface area contributed by atoms with E-state index in [-0.39, 0.29) is 30.3 Å². The van der Waals surface area contributed by atoms with E-state index >= 15 is 0 Å². The predicted octanol–water partition coefficient (Wildman–Crippen LogP) is -2.20. The minimum atomic E-state index is -0.831. The number of ether oxygens (including phenoxy) is 1. The monoisotopic (exact) mass is 346 g/mol. The average molecular weight is 346 g/mol. The van der Waals surface area contributed by atoms with Gasteiger partial charge in [0.1, 0.15) is 0 Å². The second-order valence-corrected chi connectivity index (χ2v) is 7.27. The molecule has 1 aliphatic carbocycles. The first-order valence-electron chi connectivity index (χ1n) is 8.83. The molecule has 4 atom stereocenters. The van der Waals surface area contributed by atoms with Crippen molar-refractivity contribution in [1.82, 2.24) is 20.4 Å². The third kappa shape index (κ3) is 1.80. The van der Waals surface area contributed by atoms with Crippen LogP contribution in [0.5, 0.6) is 0 Å².